The third-order valence-corrected chi connectivity index (χ3v) is 4.51. The summed E-state index contributed by atoms with van der Waals surface area (Å²) in [6, 6.07) is 11.3. The van der Waals surface area contributed by atoms with Gasteiger partial charge in [-0.25, -0.2) is 0 Å². The van der Waals surface area contributed by atoms with Crippen LogP contribution >= 0.6 is 0 Å². The zero-order valence-electron chi connectivity index (χ0n) is 16.2. The number of alkyl halides is 6. The van der Waals surface area contributed by atoms with Gasteiger partial charge in [0.05, 0.1) is 25.4 Å². The first kappa shape index (κ1) is 22.2. The van der Waals surface area contributed by atoms with Crippen molar-refractivity contribution in [1.82, 2.24) is 0 Å². The van der Waals surface area contributed by atoms with Gasteiger partial charge in [-0.15, -0.1) is 0 Å². The van der Waals surface area contributed by atoms with Crippen LogP contribution in [0.5, 0.6) is 11.5 Å². The van der Waals surface area contributed by atoms with Crippen LogP contribution in [-0.2, 0) is 0 Å². The molecule has 0 N–H and O–H groups in total. The Morgan fingerprint density at radius 1 is 0.548 bits per heavy atom. The van der Waals surface area contributed by atoms with E-state index in [2.05, 4.69) is 11.8 Å². The quantitative estimate of drug-likeness (QED) is 0.469. The van der Waals surface area contributed by atoms with Crippen LogP contribution < -0.4 is 9.47 Å². The van der Waals surface area contributed by atoms with E-state index in [4.69, 9.17) is 9.47 Å². The predicted molar refractivity (Wildman–Crippen MR) is 102 cm³/mol. The molecule has 2 aromatic carbocycles. The highest BCUT2D eigenvalue weighted by molar-refractivity contribution is 5.60. The maximum atomic E-state index is 14.3. The molecule has 2 nitrogen and oxygen atoms in total. The molecule has 0 radical (unpaired) electrons. The van der Waals surface area contributed by atoms with Crippen molar-refractivity contribution in [2.75, 3.05) is 14.2 Å². The fraction of sp³-hybridized carbons (Fsp3) is 0.217. The lowest BCUT2D eigenvalue weighted by Gasteiger charge is -2.24. The number of hydrogen-bond acceptors (Lipinski definition) is 2. The van der Waals surface area contributed by atoms with E-state index in [1.54, 1.807) is 11.8 Å². The SMILES string of the molecule is COc1ccc(C#CC2=C(C#Cc3ccc(OC)cc3)C(F)(F)C(F)(F)C2(F)F)cc1. The lowest BCUT2D eigenvalue weighted by atomic mass is 10.1. The molecule has 0 aliphatic heterocycles. The van der Waals surface area contributed by atoms with Crippen molar-refractivity contribution in [1.29, 1.82) is 0 Å². The lowest BCUT2D eigenvalue weighted by molar-refractivity contribution is -0.263. The van der Waals surface area contributed by atoms with E-state index in [0.717, 1.165) is 0 Å². The third kappa shape index (κ3) is 3.82. The second-order valence-electron chi connectivity index (χ2n) is 6.43. The van der Waals surface area contributed by atoms with Gasteiger partial charge in [-0.1, -0.05) is 23.7 Å². The van der Waals surface area contributed by atoms with Gasteiger partial charge in [0.15, 0.2) is 0 Å². The number of ether oxygens (including phenoxy) is 2. The minimum Gasteiger partial charge on any atom is -0.497 e. The van der Waals surface area contributed by atoms with E-state index in [1.807, 2.05) is 0 Å². The molecule has 1 aliphatic rings. The van der Waals surface area contributed by atoms with Crippen LogP contribution in [0.25, 0.3) is 0 Å². The van der Waals surface area contributed by atoms with E-state index >= 15 is 0 Å². The van der Waals surface area contributed by atoms with Crippen molar-refractivity contribution in [2.45, 2.75) is 17.8 Å². The van der Waals surface area contributed by atoms with Gasteiger partial charge in [0.25, 0.3) is 0 Å². The Morgan fingerprint density at radius 3 is 1.16 bits per heavy atom. The minimum atomic E-state index is -5.67. The molecule has 0 fully saturated rings. The molecule has 31 heavy (non-hydrogen) atoms. The topological polar surface area (TPSA) is 18.5 Å². The lowest BCUT2D eigenvalue weighted by Crippen LogP contribution is -2.49. The van der Waals surface area contributed by atoms with E-state index in [-0.39, 0.29) is 11.1 Å². The zero-order valence-corrected chi connectivity index (χ0v) is 16.2. The first-order chi connectivity index (χ1) is 14.5. The molecule has 2 aromatic rings. The number of allylic oxidation sites excluding steroid dienone is 2. The Hall–Kier alpha value is -3.52. The molecule has 0 heterocycles. The Balaban J connectivity index is 2.11. The van der Waals surface area contributed by atoms with E-state index in [9.17, 15) is 26.3 Å². The molecule has 160 valence electrons. The average molecular weight is 436 g/mol. The van der Waals surface area contributed by atoms with Gasteiger partial charge in [0.2, 0.25) is 0 Å². The van der Waals surface area contributed by atoms with Crippen LogP contribution in [-0.4, -0.2) is 32.0 Å². The summed E-state index contributed by atoms with van der Waals surface area (Å²) in [5.74, 6) is -7.14. The largest absolute Gasteiger partial charge is 0.497 e. The van der Waals surface area contributed by atoms with Gasteiger partial charge in [0.1, 0.15) is 11.5 Å². The first-order valence-electron chi connectivity index (χ1n) is 8.75. The fourth-order valence-corrected chi connectivity index (χ4v) is 2.73. The molecule has 0 amide bonds. The summed E-state index contributed by atoms with van der Waals surface area (Å²) in [4.78, 5) is 0. The van der Waals surface area contributed by atoms with Gasteiger partial charge in [0, 0.05) is 11.1 Å². The highest BCUT2D eigenvalue weighted by Crippen LogP contribution is 2.58. The average Bonchev–Trinajstić information content (AvgIpc) is 2.85. The monoisotopic (exact) mass is 436 g/mol. The standard InChI is InChI=1S/C23H14F6O2/c1-30-17-9-3-15(4-10-17)7-13-19-20(22(26,27)23(28,29)21(19,24)25)14-8-16-5-11-18(31-2)12-6-16/h3-6,9-12H,1-2H3. The van der Waals surface area contributed by atoms with Crippen molar-refractivity contribution < 1.29 is 35.8 Å². The maximum Gasteiger partial charge on any atom is 0.382 e. The molecule has 0 atom stereocenters. The van der Waals surface area contributed by atoms with Crippen LogP contribution in [0.15, 0.2) is 59.7 Å². The predicted octanol–water partition coefficient (Wildman–Crippen LogP) is 5.32. The van der Waals surface area contributed by atoms with Crippen LogP contribution in [0, 0.1) is 23.7 Å². The summed E-state index contributed by atoms with van der Waals surface area (Å²) >= 11 is 0. The molecule has 0 spiro atoms. The molecule has 1 aliphatic carbocycles. The second kappa shape index (κ2) is 7.96. The summed E-state index contributed by atoms with van der Waals surface area (Å²) in [6.07, 6.45) is 0. The molecule has 0 bridgehead atoms. The van der Waals surface area contributed by atoms with E-state index in [0.29, 0.717) is 11.5 Å². The smallest absolute Gasteiger partial charge is 0.382 e. The summed E-state index contributed by atoms with van der Waals surface area (Å²) < 4.78 is 94.9. The van der Waals surface area contributed by atoms with Crippen molar-refractivity contribution >= 4 is 0 Å². The maximum absolute atomic E-state index is 14.3. The van der Waals surface area contributed by atoms with Crippen LogP contribution in [0.2, 0.25) is 0 Å². The van der Waals surface area contributed by atoms with Gasteiger partial charge in [-0.05, 0) is 48.5 Å². The van der Waals surface area contributed by atoms with Crippen molar-refractivity contribution in [3.05, 3.63) is 70.8 Å². The molecule has 0 saturated heterocycles. The minimum absolute atomic E-state index is 0.144. The number of hydrogen-bond donors (Lipinski definition) is 0. The highest BCUT2D eigenvalue weighted by Gasteiger charge is 2.80. The molecule has 0 aromatic heterocycles. The van der Waals surface area contributed by atoms with Crippen molar-refractivity contribution in [2.24, 2.45) is 0 Å². The van der Waals surface area contributed by atoms with Gasteiger partial charge < -0.3 is 9.47 Å². The van der Waals surface area contributed by atoms with Gasteiger partial charge in [-0.2, -0.15) is 26.3 Å². The third-order valence-electron chi connectivity index (χ3n) is 4.51. The molecule has 8 heteroatoms. The molecule has 0 unspecified atom stereocenters. The highest BCUT2D eigenvalue weighted by atomic mass is 19.3. The summed E-state index contributed by atoms with van der Waals surface area (Å²) in [6.45, 7) is 0. The Morgan fingerprint density at radius 2 is 0.871 bits per heavy atom. The van der Waals surface area contributed by atoms with Crippen LogP contribution in [0.1, 0.15) is 11.1 Å². The summed E-state index contributed by atoms with van der Waals surface area (Å²) in [7, 11) is 2.81. The summed E-state index contributed by atoms with van der Waals surface area (Å²) in [5, 5.41) is 0. The molecular formula is C23H14F6O2. The Kier molecular flexibility index (Phi) is 5.69. The fourth-order valence-electron chi connectivity index (χ4n) is 2.73. The van der Waals surface area contributed by atoms with E-state index < -0.39 is 28.9 Å². The number of halogens is 6. The van der Waals surface area contributed by atoms with Gasteiger partial charge in [-0.3, -0.25) is 0 Å². The molecule has 0 saturated carbocycles. The molecular weight excluding hydrogens is 422 g/mol. The second-order valence-corrected chi connectivity index (χ2v) is 6.43. The first-order valence-corrected chi connectivity index (χ1v) is 8.75. The normalized spacial score (nSPS) is 17.8. The van der Waals surface area contributed by atoms with Crippen molar-refractivity contribution in [3.8, 4) is 35.2 Å². The molecule has 3 rings (SSSR count). The van der Waals surface area contributed by atoms with Gasteiger partial charge >= 0.3 is 17.8 Å². The number of methoxy groups -OCH3 is 2. The van der Waals surface area contributed by atoms with E-state index in [1.165, 1.54) is 62.8 Å². The van der Waals surface area contributed by atoms with Crippen molar-refractivity contribution in [3.63, 3.8) is 0 Å². The van der Waals surface area contributed by atoms with Crippen LogP contribution in [0.4, 0.5) is 26.3 Å². The number of benzene rings is 2. The number of rotatable bonds is 2. The Bertz CT molecular complexity index is 1040. The Labute approximate surface area is 174 Å². The van der Waals surface area contributed by atoms with Crippen LogP contribution in [0.3, 0.4) is 0 Å². The summed E-state index contributed by atoms with van der Waals surface area (Å²) in [5.41, 5.74) is -3.13. The zero-order chi connectivity index (χ0) is 22.9.